The van der Waals surface area contributed by atoms with Gasteiger partial charge in [0.2, 0.25) is 10.0 Å². The van der Waals surface area contributed by atoms with Crippen LogP contribution in [-0.2, 0) is 16.4 Å². The maximum atomic E-state index is 11.6. The van der Waals surface area contributed by atoms with Gasteiger partial charge in [0.05, 0.1) is 18.6 Å². The van der Waals surface area contributed by atoms with Gasteiger partial charge >= 0.3 is 0 Å². The fourth-order valence-corrected chi connectivity index (χ4v) is 4.32. The SMILES string of the molecule is CS(=O)(=O)NC(O)c1[nH]c2ccccc2c1CCCOc1ccc(-c2ccccc2)cc1. The summed E-state index contributed by atoms with van der Waals surface area (Å²) in [5.41, 5.74) is 4.49. The average molecular weight is 451 g/mol. The zero-order valence-corrected chi connectivity index (χ0v) is 18.6. The molecule has 3 aromatic carbocycles. The first kappa shape index (κ1) is 22.1. The monoisotopic (exact) mass is 450 g/mol. The van der Waals surface area contributed by atoms with E-state index in [9.17, 15) is 13.5 Å². The zero-order chi connectivity index (χ0) is 22.6. The molecule has 0 saturated carbocycles. The maximum Gasteiger partial charge on any atom is 0.211 e. The quantitative estimate of drug-likeness (QED) is 0.261. The van der Waals surface area contributed by atoms with Gasteiger partial charge in [0.25, 0.3) is 0 Å². The van der Waals surface area contributed by atoms with E-state index in [-0.39, 0.29) is 0 Å². The second-order valence-electron chi connectivity index (χ2n) is 7.70. The summed E-state index contributed by atoms with van der Waals surface area (Å²) in [4.78, 5) is 3.15. The summed E-state index contributed by atoms with van der Waals surface area (Å²) in [6.45, 7) is 0.499. The number of fused-ring (bicyclic) bond motifs is 1. The van der Waals surface area contributed by atoms with Crippen LogP contribution in [-0.4, -0.2) is 31.4 Å². The number of rotatable bonds is 9. The Bertz CT molecular complexity index is 1280. The molecule has 1 heterocycles. The lowest BCUT2D eigenvalue weighted by Crippen LogP contribution is -2.28. The van der Waals surface area contributed by atoms with Gasteiger partial charge in [-0.25, -0.2) is 8.42 Å². The number of nitrogens with one attached hydrogen (secondary N) is 2. The Morgan fingerprint density at radius 3 is 2.31 bits per heavy atom. The number of aromatic nitrogens is 1. The Morgan fingerprint density at radius 1 is 0.938 bits per heavy atom. The van der Waals surface area contributed by atoms with E-state index in [1.165, 1.54) is 0 Å². The molecule has 7 heteroatoms. The van der Waals surface area contributed by atoms with Crippen molar-refractivity contribution in [3.05, 3.63) is 90.1 Å². The van der Waals surface area contributed by atoms with Gasteiger partial charge in [0.1, 0.15) is 5.75 Å². The number of aliphatic hydroxyl groups excluding tert-OH is 1. The van der Waals surface area contributed by atoms with Crippen LogP contribution in [0, 0.1) is 0 Å². The first-order valence-electron chi connectivity index (χ1n) is 10.4. The number of benzene rings is 3. The van der Waals surface area contributed by atoms with E-state index < -0.39 is 16.3 Å². The molecule has 0 amide bonds. The first-order chi connectivity index (χ1) is 15.4. The van der Waals surface area contributed by atoms with Crippen molar-refractivity contribution in [2.45, 2.75) is 19.1 Å². The molecule has 6 nitrogen and oxygen atoms in total. The number of aliphatic hydroxyl groups is 1. The lowest BCUT2D eigenvalue weighted by molar-refractivity contribution is 0.161. The van der Waals surface area contributed by atoms with E-state index in [2.05, 4.69) is 21.8 Å². The Morgan fingerprint density at radius 2 is 1.59 bits per heavy atom. The van der Waals surface area contributed by atoms with E-state index in [1.807, 2.05) is 66.7 Å². The highest BCUT2D eigenvalue weighted by Gasteiger charge is 2.20. The third-order valence-electron chi connectivity index (χ3n) is 5.25. The Kier molecular flexibility index (Phi) is 6.60. The molecular weight excluding hydrogens is 424 g/mol. The molecule has 0 aliphatic rings. The Labute approximate surface area is 187 Å². The second kappa shape index (κ2) is 9.56. The molecule has 0 spiro atoms. The third-order valence-corrected chi connectivity index (χ3v) is 5.90. The molecule has 1 atom stereocenters. The summed E-state index contributed by atoms with van der Waals surface area (Å²) in [6.07, 6.45) is 1.03. The predicted molar refractivity (Wildman–Crippen MR) is 127 cm³/mol. The second-order valence-corrected chi connectivity index (χ2v) is 9.48. The molecule has 4 rings (SSSR count). The third kappa shape index (κ3) is 5.37. The van der Waals surface area contributed by atoms with Gasteiger partial charge in [-0.05, 0) is 47.7 Å². The normalized spacial score (nSPS) is 12.7. The van der Waals surface area contributed by atoms with Gasteiger partial charge in [-0.1, -0.05) is 60.7 Å². The predicted octanol–water partition coefficient (Wildman–Crippen LogP) is 4.39. The number of aromatic amines is 1. The molecule has 166 valence electrons. The molecular formula is C25H26N2O4S. The van der Waals surface area contributed by atoms with Crippen molar-refractivity contribution in [2.75, 3.05) is 12.9 Å². The van der Waals surface area contributed by atoms with E-state index in [0.717, 1.165) is 39.6 Å². The van der Waals surface area contributed by atoms with Crippen LogP contribution in [0.3, 0.4) is 0 Å². The number of ether oxygens (including phenoxy) is 1. The van der Waals surface area contributed by atoms with Crippen LogP contribution in [0.5, 0.6) is 5.75 Å². The molecule has 0 aliphatic heterocycles. The summed E-state index contributed by atoms with van der Waals surface area (Å²) in [6, 6.07) is 25.8. The first-order valence-corrected chi connectivity index (χ1v) is 12.3. The lowest BCUT2D eigenvalue weighted by atomic mass is 10.0. The van der Waals surface area contributed by atoms with Gasteiger partial charge in [-0.15, -0.1) is 0 Å². The van der Waals surface area contributed by atoms with Crippen LogP contribution in [0.2, 0.25) is 0 Å². The van der Waals surface area contributed by atoms with Crippen LogP contribution in [0.25, 0.3) is 22.0 Å². The summed E-state index contributed by atoms with van der Waals surface area (Å²) in [7, 11) is -3.56. The van der Waals surface area contributed by atoms with Crippen molar-refractivity contribution in [3.63, 3.8) is 0 Å². The van der Waals surface area contributed by atoms with Crippen LogP contribution in [0.15, 0.2) is 78.9 Å². The van der Waals surface area contributed by atoms with E-state index >= 15 is 0 Å². The molecule has 3 N–H and O–H groups in total. The average Bonchev–Trinajstić information content (AvgIpc) is 3.15. The van der Waals surface area contributed by atoms with Crippen molar-refractivity contribution >= 4 is 20.9 Å². The van der Waals surface area contributed by atoms with E-state index in [1.54, 1.807) is 0 Å². The van der Waals surface area contributed by atoms with E-state index in [4.69, 9.17) is 4.74 Å². The number of H-pyrrole nitrogens is 1. The number of hydrogen-bond acceptors (Lipinski definition) is 4. The molecule has 0 fully saturated rings. The van der Waals surface area contributed by atoms with Gasteiger partial charge in [0.15, 0.2) is 6.23 Å². The summed E-state index contributed by atoms with van der Waals surface area (Å²) in [5, 5.41) is 11.4. The van der Waals surface area contributed by atoms with E-state index in [0.29, 0.717) is 25.1 Å². The lowest BCUT2D eigenvalue weighted by Gasteiger charge is -2.13. The van der Waals surface area contributed by atoms with Crippen LogP contribution in [0.1, 0.15) is 23.9 Å². The van der Waals surface area contributed by atoms with Crippen molar-refractivity contribution < 1.29 is 18.3 Å². The van der Waals surface area contributed by atoms with Gasteiger partial charge in [-0.3, -0.25) is 0 Å². The smallest absolute Gasteiger partial charge is 0.211 e. The fourth-order valence-electron chi connectivity index (χ4n) is 3.80. The zero-order valence-electron chi connectivity index (χ0n) is 17.8. The van der Waals surface area contributed by atoms with Crippen molar-refractivity contribution in [2.24, 2.45) is 0 Å². The number of para-hydroxylation sites is 1. The molecule has 0 saturated heterocycles. The summed E-state index contributed by atoms with van der Waals surface area (Å²) < 4.78 is 31.3. The molecule has 1 unspecified atom stereocenters. The number of sulfonamides is 1. The standard InChI is InChI=1S/C25H26N2O4S/c1-32(29,30)27-25(28)24-22(21-10-5-6-12-23(21)26-24)11-7-17-31-20-15-13-19(14-16-20)18-8-3-2-4-9-18/h2-6,8-10,12-16,25-28H,7,11,17H2,1H3. The number of aryl methyl sites for hydroxylation is 1. The largest absolute Gasteiger partial charge is 0.494 e. The van der Waals surface area contributed by atoms with Crippen molar-refractivity contribution in [1.29, 1.82) is 0 Å². The Balaban J connectivity index is 1.41. The molecule has 0 aliphatic carbocycles. The minimum Gasteiger partial charge on any atom is -0.494 e. The van der Waals surface area contributed by atoms with Gasteiger partial charge < -0.3 is 14.8 Å². The minimum atomic E-state index is -3.56. The van der Waals surface area contributed by atoms with Gasteiger partial charge in [0, 0.05) is 10.9 Å². The summed E-state index contributed by atoms with van der Waals surface area (Å²) >= 11 is 0. The molecule has 4 aromatic rings. The molecule has 32 heavy (non-hydrogen) atoms. The summed E-state index contributed by atoms with van der Waals surface area (Å²) in [5.74, 6) is 0.794. The van der Waals surface area contributed by atoms with Gasteiger partial charge in [-0.2, -0.15) is 4.72 Å². The highest BCUT2D eigenvalue weighted by atomic mass is 32.2. The van der Waals surface area contributed by atoms with Crippen LogP contribution in [0.4, 0.5) is 0 Å². The topological polar surface area (TPSA) is 91.4 Å². The molecule has 1 aromatic heterocycles. The number of hydrogen-bond donors (Lipinski definition) is 3. The highest BCUT2D eigenvalue weighted by Crippen LogP contribution is 2.28. The van der Waals surface area contributed by atoms with Crippen LogP contribution < -0.4 is 9.46 Å². The van der Waals surface area contributed by atoms with Crippen molar-refractivity contribution in [1.82, 2.24) is 9.71 Å². The minimum absolute atomic E-state index is 0.462. The van der Waals surface area contributed by atoms with Crippen molar-refractivity contribution in [3.8, 4) is 16.9 Å². The highest BCUT2D eigenvalue weighted by molar-refractivity contribution is 7.88. The maximum absolute atomic E-state index is 11.6. The fraction of sp³-hybridized carbons (Fsp3) is 0.200. The van der Waals surface area contributed by atoms with Crippen LogP contribution >= 0.6 is 0 Å². The Hall–Kier alpha value is -3.13. The molecule has 0 bridgehead atoms. The molecule has 0 radical (unpaired) electrons.